The fraction of sp³-hybridized carbons (Fsp3) is 0.776. The van der Waals surface area contributed by atoms with E-state index in [1.165, 1.54) is 122 Å². The summed E-state index contributed by atoms with van der Waals surface area (Å²) in [5.74, 6) is -0.384. The maximum absolute atomic E-state index is 13.1. The van der Waals surface area contributed by atoms with E-state index in [0.29, 0.717) is 13.0 Å². The van der Waals surface area contributed by atoms with Crippen molar-refractivity contribution in [2.24, 2.45) is 0 Å². The van der Waals surface area contributed by atoms with E-state index in [0.717, 1.165) is 83.5 Å². The molecule has 0 bridgehead atoms. The lowest BCUT2D eigenvalue weighted by atomic mass is 9.98. The third kappa shape index (κ3) is 38.7. The van der Waals surface area contributed by atoms with Crippen LogP contribution in [0.15, 0.2) is 85.1 Å². The molecule has 81 heavy (non-hydrogen) atoms. The van der Waals surface area contributed by atoms with E-state index < -0.39 is 80.7 Å². The number of ether oxygens (including phenoxy) is 6. The summed E-state index contributed by atoms with van der Waals surface area (Å²) in [6, 6.07) is 0. The van der Waals surface area contributed by atoms with Crippen LogP contribution in [0, 0.1) is 0 Å². The molecule has 2 fully saturated rings. The summed E-state index contributed by atoms with van der Waals surface area (Å²) < 4.78 is 34.5. The van der Waals surface area contributed by atoms with Crippen LogP contribution in [0.5, 0.6) is 0 Å². The highest BCUT2D eigenvalue weighted by Gasteiger charge is 2.47. The molecular formula is C67H116O14. The third-order valence-corrected chi connectivity index (χ3v) is 14.9. The van der Waals surface area contributed by atoms with Crippen LogP contribution < -0.4 is 0 Å². The van der Waals surface area contributed by atoms with E-state index in [4.69, 9.17) is 28.4 Å². The van der Waals surface area contributed by atoms with E-state index in [-0.39, 0.29) is 25.6 Å². The molecule has 2 rings (SSSR count). The first kappa shape index (κ1) is 74.3. The largest absolute Gasteiger partial charge is 0.457 e. The number of unbranched alkanes of at least 4 members (excludes halogenated alkanes) is 24. The number of aliphatic hydroxyl groups excluding tert-OH is 7. The van der Waals surface area contributed by atoms with Crippen LogP contribution in [0.25, 0.3) is 0 Å². The lowest BCUT2D eigenvalue weighted by Gasteiger charge is -2.42. The molecule has 14 heteroatoms. The quantitative estimate of drug-likeness (QED) is 0.0172. The highest BCUT2D eigenvalue weighted by atomic mass is 16.7. The molecule has 0 spiro atoms. The molecule has 11 unspecified atom stereocenters. The summed E-state index contributed by atoms with van der Waals surface area (Å²) in [4.78, 5) is 13.1. The summed E-state index contributed by atoms with van der Waals surface area (Å²) >= 11 is 0. The van der Waals surface area contributed by atoms with Gasteiger partial charge in [0, 0.05) is 13.0 Å². The second kappa shape index (κ2) is 52.7. The topological polar surface area (TPSA) is 214 Å². The van der Waals surface area contributed by atoms with Crippen molar-refractivity contribution in [1.82, 2.24) is 0 Å². The maximum Gasteiger partial charge on any atom is 0.306 e. The third-order valence-electron chi connectivity index (χ3n) is 14.9. The molecule has 7 N–H and O–H groups in total. The molecule has 0 aromatic rings. The Morgan fingerprint density at radius 1 is 0.420 bits per heavy atom. The summed E-state index contributed by atoms with van der Waals surface area (Å²) in [7, 11) is 0. The van der Waals surface area contributed by atoms with Crippen molar-refractivity contribution >= 4 is 5.97 Å². The van der Waals surface area contributed by atoms with Gasteiger partial charge < -0.3 is 64.2 Å². The van der Waals surface area contributed by atoms with Gasteiger partial charge in [-0.15, -0.1) is 0 Å². The van der Waals surface area contributed by atoms with Gasteiger partial charge in [0.1, 0.15) is 54.9 Å². The molecule has 2 aliphatic rings. The van der Waals surface area contributed by atoms with Gasteiger partial charge in [-0.05, 0) is 89.9 Å². The highest BCUT2D eigenvalue weighted by Crippen LogP contribution is 2.27. The molecule has 2 aliphatic heterocycles. The molecule has 468 valence electrons. The van der Waals surface area contributed by atoms with Crippen LogP contribution >= 0.6 is 0 Å². The van der Waals surface area contributed by atoms with Crippen molar-refractivity contribution in [3.63, 3.8) is 0 Å². The zero-order valence-electron chi connectivity index (χ0n) is 50.5. The van der Waals surface area contributed by atoms with Crippen LogP contribution in [0.2, 0.25) is 0 Å². The molecule has 0 radical (unpaired) electrons. The van der Waals surface area contributed by atoms with Crippen molar-refractivity contribution < 1.29 is 69.0 Å². The maximum atomic E-state index is 13.1. The highest BCUT2D eigenvalue weighted by molar-refractivity contribution is 5.69. The zero-order valence-corrected chi connectivity index (χ0v) is 50.5. The Balaban J connectivity index is 1.68. The Morgan fingerprint density at radius 2 is 0.802 bits per heavy atom. The van der Waals surface area contributed by atoms with Crippen LogP contribution in [0.1, 0.15) is 232 Å². The van der Waals surface area contributed by atoms with E-state index in [9.17, 15) is 40.5 Å². The van der Waals surface area contributed by atoms with Gasteiger partial charge in [0.25, 0.3) is 0 Å². The smallest absolute Gasteiger partial charge is 0.306 e. The molecule has 0 aromatic heterocycles. The summed E-state index contributed by atoms with van der Waals surface area (Å²) in [6.45, 7) is 3.57. The minimum Gasteiger partial charge on any atom is -0.457 e. The van der Waals surface area contributed by atoms with Crippen molar-refractivity contribution in [1.29, 1.82) is 0 Å². The Kier molecular flexibility index (Phi) is 48.3. The Hall–Kier alpha value is -2.83. The van der Waals surface area contributed by atoms with Crippen molar-refractivity contribution in [3.8, 4) is 0 Å². The van der Waals surface area contributed by atoms with Gasteiger partial charge in [-0.25, -0.2) is 0 Å². The molecule has 2 heterocycles. The second-order valence-electron chi connectivity index (χ2n) is 22.2. The SMILES string of the molecule is CC/C=C\C/C=C\C/C=C\C/C=C\C/C=C\CCCCCCCCCCCC(=O)OC(COCCCCCCCCCCCC/C=C\C/C=C\CCCCCCC)COC1OC(COC2OC(CO)C(O)C(O)C2O)C(O)C(O)C1O. The minimum absolute atomic E-state index is 0.0534. The summed E-state index contributed by atoms with van der Waals surface area (Å²) in [5, 5.41) is 72.5. The predicted molar refractivity (Wildman–Crippen MR) is 325 cm³/mol. The molecule has 0 aliphatic carbocycles. The molecule has 0 aromatic carbocycles. The molecule has 0 amide bonds. The van der Waals surface area contributed by atoms with Gasteiger partial charge in [-0.1, -0.05) is 221 Å². The standard InChI is InChI=1S/C67H116O14/c1-3-5-7-9-11-13-15-17-19-21-23-25-27-28-29-30-32-34-36-38-40-42-44-46-48-50-59(69)79-56(53-76-51-49-47-45-43-41-39-37-35-33-31-26-24-22-20-18-16-14-12-10-8-6-4-2)54-77-66-65(75)63(73)61(71)58(81-66)55-78-67-64(74)62(72)60(70)57(52-68)80-67/h5,7,11,13,16-19,22-25,28-29,56-58,60-68,70-75H,3-4,6,8-10,12,14-15,20-21,26-27,30-55H2,1-2H3/b7-5-,13-11-,18-16-,19-17-,24-22-,25-23-,29-28-. The minimum atomic E-state index is -1.71. The van der Waals surface area contributed by atoms with Crippen LogP contribution in [0.3, 0.4) is 0 Å². The van der Waals surface area contributed by atoms with E-state index >= 15 is 0 Å². The van der Waals surface area contributed by atoms with Crippen LogP contribution in [-0.2, 0) is 33.2 Å². The van der Waals surface area contributed by atoms with Crippen LogP contribution in [-0.4, -0.2) is 142 Å². The molecule has 0 saturated carbocycles. The monoisotopic (exact) mass is 1140 g/mol. The normalized spacial score (nSPS) is 24.3. The number of carbonyl (C=O) groups is 1. The zero-order chi connectivity index (χ0) is 58.6. The fourth-order valence-electron chi connectivity index (χ4n) is 9.76. The number of allylic oxidation sites excluding steroid dienone is 14. The van der Waals surface area contributed by atoms with Gasteiger partial charge in [0.15, 0.2) is 12.6 Å². The lowest BCUT2D eigenvalue weighted by molar-refractivity contribution is -0.332. The molecule has 11 atom stereocenters. The predicted octanol–water partition coefficient (Wildman–Crippen LogP) is 12.8. The summed E-state index contributed by atoms with van der Waals surface area (Å²) in [5.41, 5.74) is 0. The van der Waals surface area contributed by atoms with Gasteiger partial charge in [-0.2, -0.15) is 0 Å². The second-order valence-corrected chi connectivity index (χ2v) is 22.2. The number of hydrogen-bond acceptors (Lipinski definition) is 14. The molecule has 2 saturated heterocycles. The first-order valence-corrected chi connectivity index (χ1v) is 32.2. The number of hydrogen-bond donors (Lipinski definition) is 7. The number of aliphatic hydroxyl groups is 7. The molecule has 14 nitrogen and oxygen atoms in total. The Labute approximate surface area is 490 Å². The van der Waals surface area contributed by atoms with Crippen molar-refractivity contribution in [2.75, 3.05) is 33.0 Å². The van der Waals surface area contributed by atoms with Gasteiger partial charge in [0.05, 0.1) is 26.4 Å². The van der Waals surface area contributed by atoms with Gasteiger partial charge >= 0.3 is 5.97 Å². The van der Waals surface area contributed by atoms with Crippen molar-refractivity contribution in [2.45, 2.75) is 300 Å². The first-order chi connectivity index (χ1) is 39.6. The number of rotatable bonds is 52. The Morgan fingerprint density at radius 3 is 1.26 bits per heavy atom. The van der Waals surface area contributed by atoms with Crippen molar-refractivity contribution in [3.05, 3.63) is 85.1 Å². The lowest BCUT2D eigenvalue weighted by Crippen LogP contribution is -2.61. The number of carbonyl (C=O) groups excluding carboxylic acids is 1. The number of esters is 1. The summed E-state index contributed by atoms with van der Waals surface area (Å²) in [6.07, 6.45) is 53.5. The van der Waals surface area contributed by atoms with E-state index in [1.807, 2.05) is 0 Å². The fourth-order valence-corrected chi connectivity index (χ4v) is 9.76. The Bertz CT molecular complexity index is 1660. The van der Waals surface area contributed by atoms with E-state index in [1.54, 1.807) is 0 Å². The average Bonchev–Trinajstić information content (AvgIpc) is 3.46. The van der Waals surface area contributed by atoms with E-state index in [2.05, 4.69) is 98.9 Å². The first-order valence-electron chi connectivity index (χ1n) is 32.2. The van der Waals surface area contributed by atoms with Gasteiger partial charge in [-0.3, -0.25) is 4.79 Å². The average molecular weight is 1150 g/mol. The van der Waals surface area contributed by atoms with Gasteiger partial charge in [0.2, 0.25) is 0 Å². The molecular weight excluding hydrogens is 1030 g/mol. The van der Waals surface area contributed by atoms with Crippen LogP contribution in [0.4, 0.5) is 0 Å².